The van der Waals surface area contributed by atoms with Gasteiger partial charge in [0.25, 0.3) is 5.91 Å². The molecule has 0 aliphatic carbocycles. The van der Waals surface area contributed by atoms with E-state index in [1.807, 2.05) is 97.9 Å². The molecule has 6 aromatic carbocycles. The van der Waals surface area contributed by atoms with E-state index in [1.54, 1.807) is 96.5 Å². The van der Waals surface area contributed by atoms with Gasteiger partial charge in [0.1, 0.15) is 23.5 Å². The summed E-state index contributed by atoms with van der Waals surface area (Å²) in [7, 11) is 12.1. The second kappa shape index (κ2) is 32.5. The van der Waals surface area contributed by atoms with E-state index in [0.29, 0.717) is 6.54 Å². The lowest BCUT2D eigenvalue weighted by Crippen LogP contribution is -2.35. The van der Waals surface area contributed by atoms with Gasteiger partial charge >= 0.3 is 12.1 Å². The molecule has 0 atom stereocenters. The van der Waals surface area contributed by atoms with E-state index in [1.165, 1.54) is 22.2 Å². The Kier molecular flexibility index (Phi) is 25.2. The van der Waals surface area contributed by atoms with Crippen LogP contribution in [0, 0.1) is 6.92 Å². The molecule has 13 rings (SSSR count). The summed E-state index contributed by atoms with van der Waals surface area (Å²) in [6.45, 7) is 41.1. The Morgan fingerprint density at radius 3 is 1.45 bits per heavy atom. The molecule has 0 fully saturated rings. The lowest BCUT2D eigenvalue weighted by Gasteiger charge is -2.17. The zero-order chi connectivity index (χ0) is 76.8. The van der Waals surface area contributed by atoms with Crippen LogP contribution < -0.4 is 10.6 Å². The maximum Gasteiger partial charge on any atom is 0.341 e. The van der Waals surface area contributed by atoms with Crippen LogP contribution in [0.2, 0.25) is 0 Å². The third-order valence-corrected chi connectivity index (χ3v) is 21.5. The number of amides is 5. The van der Waals surface area contributed by atoms with Crippen molar-refractivity contribution >= 4 is 132 Å². The minimum absolute atomic E-state index is 0.0149. The van der Waals surface area contributed by atoms with Crippen LogP contribution in [0.5, 0.6) is 0 Å². The number of carbonyl (C=O) groups excluding carboxylic acids is 3. The van der Waals surface area contributed by atoms with Gasteiger partial charge in [0, 0.05) is 92.6 Å². The third kappa shape index (κ3) is 21.1. The summed E-state index contributed by atoms with van der Waals surface area (Å²) in [6.07, 6.45) is 1.74. The number of hydrogen-bond donors (Lipinski definition) is 2. The molecule has 552 valence electrons. The molecule has 0 aliphatic heterocycles. The fourth-order valence-electron chi connectivity index (χ4n) is 9.82. The van der Waals surface area contributed by atoms with Crippen LogP contribution in [-0.2, 0) is 50.9 Å². The number of para-hydroxylation sites is 4. The van der Waals surface area contributed by atoms with Crippen molar-refractivity contribution in [1.82, 2.24) is 69.4 Å². The maximum absolute atomic E-state index is 11.9. The predicted octanol–water partition coefficient (Wildman–Crippen LogP) is 19.8. The average Bonchev–Trinajstić information content (AvgIpc) is 1.67. The number of fused-ring (bicyclic) bond motifs is 6. The highest BCUT2D eigenvalue weighted by atomic mass is 32.1. The second-order valence-electron chi connectivity index (χ2n) is 32.0. The van der Waals surface area contributed by atoms with Crippen molar-refractivity contribution < 1.29 is 23.6 Å². The Morgan fingerprint density at radius 2 is 0.981 bits per heavy atom. The Labute approximate surface area is 628 Å². The van der Waals surface area contributed by atoms with E-state index in [2.05, 4.69) is 212 Å². The molecule has 7 aromatic heterocycles. The summed E-state index contributed by atoms with van der Waals surface area (Å²) >= 11 is 6.80. The molecule has 13 aromatic rings. The van der Waals surface area contributed by atoms with E-state index >= 15 is 0 Å². The summed E-state index contributed by atoms with van der Waals surface area (Å²) in [5.74, 6) is 2.75. The average molecular weight is 1480 g/mol. The number of nitrogens with one attached hydrogen (secondary N) is 2. The summed E-state index contributed by atoms with van der Waals surface area (Å²) in [5, 5.41) is 15.6. The molecular formula is C80H103N15O5S4. The molecule has 0 bridgehead atoms. The molecule has 5 amide bonds. The zero-order valence-electron chi connectivity index (χ0n) is 65.3. The Hall–Kier alpha value is -9.07. The van der Waals surface area contributed by atoms with Gasteiger partial charge in [0.05, 0.1) is 84.7 Å². The van der Waals surface area contributed by atoms with Crippen LogP contribution >= 0.6 is 45.3 Å². The van der Waals surface area contributed by atoms with E-state index < -0.39 is 0 Å². The minimum Gasteiger partial charge on any atom is -0.440 e. The van der Waals surface area contributed by atoms with E-state index in [0.717, 1.165) is 118 Å². The molecule has 2 N–H and O–H groups in total. The molecular weight excluding hydrogens is 1380 g/mol. The first kappa shape index (κ1) is 80.6. The van der Waals surface area contributed by atoms with Gasteiger partial charge in [-0.3, -0.25) is 9.63 Å². The molecule has 20 nitrogen and oxygen atoms in total. The molecule has 104 heavy (non-hydrogen) atoms. The second-order valence-corrected chi connectivity index (χ2v) is 36.1. The Balaban J connectivity index is 0.000000159. The van der Waals surface area contributed by atoms with Crippen molar-refractivity contribution in [3.63, 3.8) is 0 Å². The molecule has 0 aliphatic rings. The SMILES string of the molecule is CC(C)(C)c1nc2ccccc2o1.CN(C)C(=O)Nc1ccc2nc(C(C)(C)C)sc2c1.CN(C)C(=O)c1ccc2nc(C(C)(C)C)sc2c1.CON(C)C(=O)NCc1ccc2nc(C(C)(C)C)sc2c1.Cc1ncn(-c2ccc3nc(C(C)(C)C)sc3c2)n1.Cn1c(C(C)(C)C)nc2ccccc21. The first-order valence-electron chi connectivity index (χ1n) is 34.4. The van der Waals surface area contributed by atoms with Crippen molar-refractivity contribution in [2.75, 3.05) is 47.7 Å². The normalized spacial score (nSPS) is 11.9. The van der Waals surface area contributed by atoms with Crippen molar-refractivity contribution in [1.29, 1.82) is 0 Å². The summed E-state index contributed by atoms with van der Waals surface area (Å²) in [4.78, 5) is 74.9. The highest BCUT2D eigenvalue weighted by Gasteiger charge is 2.25. The summed E-state index contributed by atoms with van der Waals surface area (Å²) in [6, 6.07) is 39.5. The number of aromatic nitrogens is 10. The number of hydrogen-bond acceptors (Lipinski definition) is 17. The number of anilines is 1. The molecule has 24 heteroatoms. The number of hydroxylamine groups is 2. The van der Waals surface area contributed by atoms with Crippen molar-refractivity contribution in [2.45, 2.75) is 171 Å². The van der Waals surface area contributed by atoms with Crippen LogP contribution in [0.4, 0.5) is 15.3 Å². The summed E-state index contributed by atoms with van der Waals surface area (Å²) in [5.41, 5.74) is 12.0. The number of nitrogens with zero attached hydrogens (tertiary/aromatic N) is 13. The van der Waals surface area contributed by atoms with Crippen LogP contribution in [-0.4, -0.2) is 124 Å². The minimum atomic E-state index is -0.266. The fourth-order valence-corrected chi connectivity index (χ4v) is 14.1. The van der Waals surface area contributed by atoms with Gasteiger partial charge in [0.2, 0.25) is 5.89 Å². The van der Waals surface area contributed by atoms with Gasteiger partial charge in [0.15, 0.2) is 5.58 Å². The lowest BCUT2D eigenvalue weighted by molar-refractivity contribution is -0.0648. The monoisotopic (exact) mass is 1480 g/mol. The number of rotatable bonds is 6. The van der Waals surface area contributed by atoms with Gasteiger partial charge in [-0.15, -0.1) is 45.3 Å². The topological polar surface area (TPSA) is 220 Å². The molecule has 0 saturated heterocycles. The van der Waals surface area contributed by atoms with Crippen molar-refractivity contribution in [3.05, 3.63) is 176 Å². The Morgan fingerprint density at radius 1 is 0.500 bits per heavy atom. The smallest absolute Gasteiger partial charge is 0.341 e. The number of aryl methyl sites for hydroxylation is 2. The van der Waals surface area contributed by atoms with Gasteiger partial charge in [-0.2, -0.15) is 5.10 Å². The number of benzene rings is 6. The first-order valence-corrected chi connectivity index (χ1v) is 37.7. The number of thiazole rings is 4. The quantitative estimate of drug-likeness (QED) is 0.148. The van der Waals surface area contributed by atoms with E-state index in [4.69, 9.17) is 14.2 Å². The van der Waals surface area contributed by atoms with E-state index in [9.17, 15) is 14.4 Å². The third-order valence-electron chi connectivity index (χ3n) is 15.7. The molecule has 0 saturated carbocycles. The van der Waals surface area contributed by atoms with Crippen molar-refractivity contribution in [3.8, 4) is 5.69 Å². The lowest BCUT2D eigenvalue weighted by atomic mass is 9.96. The predicted molar refractivity (Wildman–Crippen MR) is 433 cm³/mol. The number of oxazole rings is 1. The molecule has 0 spiro atoms. The van der Waals surface area contributed by atoms with Crippen LogP contribution in [0.25, 0.3) is 68.7 Å². The van der Waals surface area contributed by atoms with Gasteiger partial charge < -0.3 is 29.4 Å². The van der Waals surface area contributed by atoms with Crippen LogP contribution in [0.3, 0.4) is 0 Å². The van der Waals surface area contributed by atoms with E-state index in [-0.39, 0.29) is 50.5 Å². The first-order chi connectivity index (χ1) is 48.4. The van der Waals surface area contributed by atoms with Crippen LogP contribution in [0.15, 0.2) is 132 Å². The highest BCUT2D eigenvalue weighted by Crippen LogP contribution is 2.37. The van der Waals surface area contributed by atoms with Gasteiger partial charge in [-0.1, -0.05) is 155 Å². The van der Waals surface area contributed by atoms with Gasteiger partial charge in [-0.25, -0.2) is 54.2 Å². The van der Waals surface area contributed by atoms with Gasteiger partial charge in [-0.05, 0) is 103 Å². The highest BCUT2D eigenvalue weighted by molar-refractivity contribution is 7.19. The molecule has 0 radical (unpaired) electrons. The van der Waals surface area contributed by atoms with Crippen LogP contribution in [0.1, 0.15) is 178 Å². The summed E-state index contributed by atoms with van der Waals surface area (Å²) < 4.78 is 14.1. The fraction of sp³-hybridized carbons (Fsp3) is 0.412. The zero-order valence-corrected chi connectivity index (χ0v) is 68.6. The standard InChI is InChI=1S/C15H21N3O2S.C14H16N4S.C14H19N3OS.C14H18N2OS.C12H16N2.C11H13NO/c1-15(2,3)13-17-11-7-6-10(8-12(11)21-13)9-16-14(19)18(4)20-5;1-9-15-8-18(17-9)10-5-6-11-12(7-10)19-13(16-11)14(2,3)4;1-14(2,3)12-16-10-7-6-9(8-11(10)19-12)15-13(18)17(4)5;1-14(2,3)13-15-10-7-6-9(8-11(10)18-13)12(17)16(4)5;1-12(2,3)11-13-9-7-5-6-8-10(9)14(11)4;1-11(2,3)10-12-8-6-4-5-7-9(8)13-10/h6-8H,9H2,1-5H3,(H,16,19);5-8H,1-4H3;6-8H,1-5H3,(H,15,18);6-8H,1-5H3;5-8H,1-4H3;4-7H,1-3H3. The molecule has 0 unspecified atom stereocenters. The number of imidazole rings is 1. The molecule has 7 heterocycles. The largest absolute Gasteiger partial charge is 0.440 e. The number of urea groups is 2. The van der Waals surface area contributed by atoms with Crippen molar-refractivity contribution in [2.24, 2.45) is 7.05 Å². The number of carbonyl (C=O) groups is 3. The maximum atomic E-state index is 11.9. The Bertz CT molecular complexity index is 5070.